The lowest BCUT2D eigenvalue weighted by molar-refractivity contribution is -0.114. The molecule has 2 heteroatoms. The van der Waals surface area contributed by atoms with E-state index in [1.807, 2.05) is 30.3 Å². The second-order valence-electron chi connectivity index (χ2n) is 3.29. The molecule has 0 aromatic heterocycles. The van der Waals surface area contributed by atoms with Crippen LogP contribution in [0.3, 0.4) is 0 Å². The van der Waals surface area contributed by atoms with Crippen LogP contribution in [0.15, 0.2) is 42.5 Å². The number of carbonyl (C=O) groups excluding carboxylic acids is 1. The Labute approximate surface area is 84.6 Å². The SMILES string of the molecule is C=C(C)C(=O)CNCc1ccccc1. The van der Waals surface area contributed by atoms with Crippen molar-refractivity contribution in [3.05, 3.63) is 48.0 Å². The second-order valence-corrected chi connectivity index (χ2v) is 3.29. The summed E-state index contributed by atoms with van der Waals surface area (Å²) in [6.07, 6.45) is 0. The largest absolute Gasteiger partial charge is 0.306 e. The highest BCUT2D eigenvalue weighted by Gasteiger charge is 2.00. The second kappa shape index (κ2) is 5.35. The van der Waals surface area contributed by atoms with Crippen LogP contribution in [0.2, 0.25) is 0 Å². The minimum atomic E-state index is 0.0703. The number of rotatable bonds is 5. The fraction of sp³-hybridized carbons (Fsp3) is 0.250. The molecule has 0 fully saturated rings. The molecule has 0 aliphatic rings. The minimum Gasteiger partial charge on any atom is -0.306 e. The lowest BCUT2D eigenvalue weighted by atomic mass is 10.2. The van der Waals surface area contributed by atoms with Crippen molar-refractivity contribution in [3.8, 4) is 0 Å². The smallest absolute Gasteiger partial charge is 0.171 e. The zero-order valence-electron chi connectivity index (χ0n) is 8.42. The summed E-state index contributed by atoms with van der Waals surface area (Å²) in [7, 11) is 0. The Morgan fingerprint density at radius 2 is 2.00 bits per heavy atom. The number of Topliss-reactive ketones (excluding diaryl/α,β-unsaturated/α-hetero) is 1. The molecular weight excluding hydrogens is 174 g/mol. The predicted octanol–water partition coefficient (Wildman–Crippen LogP) is 1.92. The van der Waals surface area contributed by atoms with Crippen LogP contribution in [0.5, 0.6) is 0 Å². The van der Waals surface area contributed by atoms with Gasteiger partial charge < -0.3 is 5.32 Å². The third kappa shape index (κ3) is 3.54. The van der Waals surface area contributed by atoms with Crippen molar-refractivity contribution in [2.75, 3.05) is 6.54 Å². The van der Waals surface area contributed by atoms with Crippen LogP contribution in [0, 0.1) is 0 Å². The van der Waals surface area contributed by atoms with Gasteiger partial charge in [0.05, 0.1) is 6.54 Å². The third-order valence-electron chi connectivity index (χ3n) is 1.93. The number of hydrogen-bond donors (Lipinski definition) is 1. The third-order valence-corrected chi connectivity index (χ3v) is 1.93. The fourth-order valence-electron chi connectivity index (χ4n) is 1.07. The molecule has 0 radical (unpaired) electrons. The maximum absolute atomic E-state index is 11.2. The zero-order chi connectivity index (χ0) is 10.4. The van der Waals surface area contributed by atoms with Crippen LogP contribution in [0.4, 0.5) is 0 Å². The standard InChI is InChI=1S/C12H15NO/c1-10(2)12(14)9-13-8-11-6-4-3-5-7-11/h3-7,13H,1,8-9H2,2H3. The Balaban J connectivity index is 2.29. The quantitative estimate of drug-likeness (QED) is 0.717. The van der Waals surface area contributed by atoms with E-state index in [2.05, 4.69) is 11.9 Å². The highest BCUT2D eigenvalue weighted by atomic mass is 16.1. The van der Waals surface area contributed by atoms with Gasteiger partial charge in [0, 0.05) is 6.54 Å². The molecule has 0 bridgehead atoms. The van der Waals surface area contributed by atoms with Gasteiger partial charge in [0.2, 0.25) is 0 Å². The van der Waals surface area contributed by atoms with Gasteiger partial charge in [-0.15, -0.1) is 0 Å². The number of benzene rings is 1. The van der Waals surface area contributed by atoms with E-state index in [9.17, 15) is 4.79 Å². The van der Waals surface area contributed by atoms with E-state index in [1.54, 1.807) is 6.92 Å². The van der Waals surface area contributed by atoms with E-state index < -0.39 is 0 Å². The molecule has 1 aromatic carbocycles. The average molecular weight is 189 g/mol. The molecule has 14 heavy (non-hydrogen) atoms. The maximum atomic E-state index is 11.2. The van der Waals surface area contributed by atoms with Crippen LogP contribution in [0.1, 0.15) is 12.5 Å². The van der Waals surface area contributed by atoms with Crippen LogP contribution in [0.25, 0.3) is 0 Å². The predicted molar refractivity (Wildman–Crippen MR) is 58.0 cm³/mol. The van der Waals surface area contributed by atoms with Gasteiger partial charge in [0.1, 0.15) is 0 Å². The summed E-state index contributed by atoms with van der Waals surface area (Å²) in [5.74, 6) is 0.0703. The normalized spacial score (nSPS) is 9.79. The molecule has 1 rings (SSSR count). The molecule has 0 spiro atoms. The molecule has 0 amide bonds. The monoisotopic (exact) mass is 189 g/mol. The Morgan fingerprint density at radius 3 is 2.57 bits per heavy atom. The van der Waals surface area contributed by atoms with E-state index in [-0.39, 0.29) is 5.78 Å². The van der Waals surface area contributed by atoms with Gasteiger partial charge in [-0.25, -0.2) is 0 Å². The Hall–Kier alpha value is -1.41. The maximum Gasteiger partial charge on any atom is 0.171 e. The van der Waals surface area contributed by atoms with Gasteiger partial charge in [-0.2, -0.15) is 0 Å². The van der Waals surface area contributed by atoms with E-state index in [0.29, 0.717) is 12.1 Å². The Kier molecular flexibility index (Phi) is 4.08. The molecule has 0 unspecified atom stereocenters. The van der Waals surface area contributed by atoms with Crippen LogP contribution < -0.4 is 5.32 Å². The van der Waals surface area contributed by atoms with Gasteiger partial charge in [-0.1, -0.05) is 36.9 Å². The van der Waals surface area contributed by atoms with Crippen molar-refractivity contribution < 1.29 is 4.79 Å². The van der Waals surface area contributed by atoms with Gasteiger partial charge in [-0.05, 0) is 18.1 Å². The number of nitrogens with one attached hydrogen (secondary N) is 1. The fourth-order valence-corrected chi connectivity index (χ4v) is 1.07. The van der Waals surface area contributed by atoms with Gasteiger partial charge in [0.25, 0.3) is 0 Å². The van der Waals surface area contributed by atoms with E-state index in [1.165, 1.54) is 5.56 Å². The molecular formula is C12H15NO. The molecule has 0 atom stereocenters. The summed E-state index contributed by atoms with van der Waals surface area (Å²) >= 11 is 0. The summed E-state index contributed by atoms with van der Waals surface area (Å²) in [4.78, 5) is 11.2. The summed E-state index contributed by atoms with van der Waals surface area (Å²) in [6, 6.07) is 9.99. The summed E-state index contributed by atoms with van der Waals surface area (Å²) in [5.41, 5.74) is 1.78. The van der Waals surface area contributed by atoms with E-state index >= 15 is 0 Å². The van der Waals surface area contributed by atoms with Gasteiger partial charge >= 0.3 is 0 Å². The Bertz CT molecular complexity index is 316. The lowest BCUT2D eigenvalue weighted by Crippen LogP contribution is -2.22. The number of ketones is 1. The average Bonchev–Trinajstić information content (AvgIpc) is 2.19. The molecule has 1 aromatic rings. The summed E-state index contributed by atoms with van der Waals surface area (Å²) in [5, 5.41) is 3.07. The summed E-state index contributed by atoms with van der Waals surface area (Å²) in [6.45, 7) is 6.41. The van der Waals surface area contributed by atoms with Crippen molar-refractivity contribution in [2.45, 2.75) is 13.5 Å². The highest BCUT2D eigenvalue weighted by molar-refractivity contribution is 5.95. The first-order valence-electron chi connectivity index (χ1n) is 4.63. The van der Waals surface area contributed by atoms with E-state index in [0.717, 1.165) is 6.54 Å². The molecule has 0 saturated heterocycles. The lowest BCUT2D eigenvalue weighted by Gasteiger charge is -2.03. The topological polar surface area (TPSA) is 29.1 Å². The van der Waals surface area contributed by atoms with Gasteiger partial charge in [-0.3, -0.25) is 4.79 Å². The zero-order valence-corrected chi connectivity index (χ0v) is 8.42. The highest BCUT2D eigenvalue weighted by Crippen LogP contribution is 1.97. The van der Waals surface area contributed by atoms with Crippen molar-refractivity contribution in [1.29, 1.82) is 0 Å². The molecule has 0 aliphatic heterocycles. The first-order valence-corrected chi connectivity index (χ1v) is 4.63. The van der Waals surface area contributed by atoms with Gasteiger partial charge in [0.15, 0.2) is 5.78 Å². The summed E-state index contributed by atoms with van der Waals surface area (Å²) < 4.78 is 0. The molecule has 0 aliphatic carbocycles. The van der Waals surface area contributed by atoms with Crippen molar-refractivity contribution >= 4 is 5.78 Å². The van der Waals surface area contributed by atoms with Crippen molar-refractivity contribution in [1.82, 2.24) is 5.32 Å². The van der Waals surface area contributed by atoms with Crippen LogP contribution >= 0.6 is 0 Å². The molecule has 1 N–H and O–H groups in total. The first-order chi connectivity index (χ1) is 6.70. The molecule has 2 nitrogen and oxygen atoms in total. The van der Waals surface area contributed by atoms with Crippen LogP contribution in [-0.4, -0.2) is 12.3 Å². The van der Waals surface area contributed by atoms with E-state index in [4.69, 9.17) is 0 Å². The Morgan fingerprint density at radius 1 is 1.36 bits per heavy atom. The molecule has 74 valence electrons. The number of hydrogen-bond acceptors (Lipinski definition) is 2. The number of carbonyl (C=O) groups is 1. The molecule has 0 heterocycles. The minimum absolute atomic E-state index is 0.0703. The first kappa shape index (κ1) is 10.7. The van der Waals surface area contributed by atoms with Crippen molar-refractivity contribution in [2.24, 2.45) is 0 Å². The van der Waals surface area contributed by atoms with Crippen molar-refractivity contribution in [3.63, 3.8) is 0 Å². The molecule has 0 saturated carbocycles. The van der Waals surface area contributed by atoms with Crippen LogP contribution in [-0.2, 0) is 11.3 Å².